The van der Waals surface area contributed by atoms with Crippen molar-refractivity contribution < 1.29 is 28.2 Å². The van der Waals surface area contributed by atoms with Gasteiger partial charge in [-0.15, -0.1) is 0 Å². The molecule has 1 rings (SSSR count). The zero-order valence-electron chi connectivity index (χ0n) is 9.89. The maximum absolute atomic E-state index is 12.3. The molecular weight excluding hydrogens is 265 g/mol. The summed E-state index contributed by atoms with van der Waals surface area (Å²) in [6.07, 6.45) is -4.39. The number of aromatic carboxylic acids is 1. The average molecular weight is 278 g/mol. The molecule has 2 N–H and O–H groups in total. The summed E-state index contributed by atoms with van der Waals surface area (Å²) in [7, 11) is 0. The molecule has 19 heavy (non-hydrogen) atoms. The first-order valence-corrected chi connectivity index (χ1v) is 5.41. The number of halogens is 3. The number of nitrogens with zero attached hydrogens (tertiary/aromatic N) is 2. The van der Waals surface area contributed by atoms with Crippen LogP contribution in [0.5, 0.6) is 0 Å². The highest BCUT2D eigenvalue weighted by Gasteiger charge is 2.30. The van der Waals surface area contributed by atoms with E-state index in [1.807, 2.05) is 0 Å². The summed E-state index contributed by atoms with van der Waals surface area (Å²) in [6.45, 7) is -1.96. The third-order valence-electron chi connectivity index (χ3n) is 2.23. The summed E-state index contributed by atoms with van der Waals surface area (Å²) >= 11 is 0. The Morgan fingerprint density at radius 1 is 1.37 bits per heavy atom. The summed E-state index contributed by atoms with van der Waals surface area (Å²) in [5, 5.41) is 17.5. The fraction of sp³-hybridized carbons (Fsp3) is 0.455. The first-order chi connectivity index (χ1) is 8.81. The molecule has 0 fully saturated rings. The van der Waals surface area contributed by atoms with E-state index in [-0.39, 0.29) is 24.5 Å². The van der Waals surface area contributed by atoms with Gasteiger partial charge in [-0.3, -0.25) is 4.90 Å². The van der Waals surface area contributed by atoms with Gasteiger partial charge in [0.15, 0.2) is 0 Å². The number of carboxylic acids is 1. The van der Waals surface area contributed by atoms with Crippen molar-refractivity contribution in [2.75, 3.05) is 19.7 Å². The van der Waals surface area contributed by atoms with Gasteiger partial charge >= 0.3 is 12.1 Å². The number of alkyl halides is 3. The van der Waals surface area contributed by atoms with Crippen LogP contribution in [0.3, 0.4) is 0 Å². The standard InChI is InChI=1S/C11H13F3N2O3/c12-11(13,14)7-16(4-5-17)6-8-2-1-3-9(15-8)10(18)19/h1-3,17H,4-7H2,(H,18,19). The summed E-state index contributed by atoms with van der Waals surface area (Å²) in [5.74, 6) is -1.24. The van der Waals surface area contributed by atoms with Gasteiger partial charge in [0.2, 0.25) is 0 Å². The molecule has 0 spiro atoms. The first kappa shape index (κ1) is 15.4. The average Bonchev–Trinajstić information content (AvgIpc) is 2.27. The van der Waals surface area contributed by atoms with E-state index >= 15 is 0 Å². The Morgan fingerprint density at radius 2 is 2.05 bits per heavy atom. The lowest BCUT2D eigenvalue weighted by Crippen LogP contribution is -2.36. The van der Waals surface area contributed by atoms with Gasteiger partial charge < -0.3 is 10.2 Å². The van der Waals surface area contributed by atoms with Gasteiger partial charge in [0.05, 0.1) is 18.8 Å². The Balaban J connectivity index is 2.78. The second kappa shape index (κ2) is 6.48. The number of hydrogen-bond donors (Lipinski definition) is 2. The molecule has 0 saturated heterocycles. The molecule has 8 heteroatoms. The largest absolute Gasteiger partial charge is 0.477 e. The molecule has 0 atom stereocenters. The lowest BCUT2D eigenvalue weighted by molar-refractivity contribution is -0.148. The Bertz CT molecular complexity index is 437. The van der Waals surface area contributed by atoms with Crippen LogP contribution in [0.2, 0.25) is 0 Å². The van der Waals surface area contributed by atoms with Gasteiger partial charge in [-0.2, -0.15) is 13.2 Å². The van der Waals surface area contributed by atoms with Crippen molar-refractivity contribution in [1.82, 2.24) is 9.88 Å². The molecule has 106 valence electrons. The molecular formula is C11H13F3N2O3. The molecule has 0 radical (unpaired) electrons. The van der Waals surface area contributed by atoms with Gasteiger partial charge in [0, 0.05) is 13.1 Å². The normalized spacial score (nSPS) is 11.8. The lowest BCUT2D eigenvalue weighted by atomic mass is 10.3. The van der Waals surface area contributed by atoms with Crippen molar-refractivity contribution in [3.63, 3.8) is 0 Å². The number of hydrogen-bond acceptors (Lipinski definition) is 4. The minimum absolute atomic E-state index is 0.168. The summed E-state index contributed by atoms with van der Waals surface area (Å²) in [5.41, 5.74) is -0.0222. The van der Waals surface area contributed by atoms with E-state index in [1.54, 1.807) is 0 Å². The predicted molar refractivity (Wildman–Crippen MR) is 59.6 cm³/mol. The van der Waals surface area contributed by atoms with Gasteiger partial charge in [0.25, 0.3) is 0 Å². The third kappa shape index (κ3) is 5.66. The summed E-state index contributed by atoms with van der Waals surface area (Å²) in [4.78, 5) is 15.4. The molecule has 0 aromatic carbocycles. The van der Waals surface area contributed by atoms with Gasteiger partial charge in [-0.1, -0.05) is 6.07 Å². The highest BCUT2D eigenvalue weighted by atomic mass is 19.4. The Labute approximate surface area is 107 Å². The van der Waals surface area contributed by atoms with Crippen LogP contribution in [0, 0.1) is 0 Å². The topological polar surface area (TPSA) is 73.7 Å². The molecule has 0 saturated carbocycles. The van der Waals surface area contributed by atoms with Crippen LogP contribution in [-0.4, -0.2) is 51.9 Å². The van der Waals surface area contributed by atoms with Crippen molar-refractivity contribution >= 4 is 5.97 Å². The predicted octanol–water partition coefficient (Wildman–Crippen LogP) is 1.14. The number of carbonyl (C=O) groups is 1. The highest BCUT2D eigenvalue weighted by Crippen LogP contribution is 2.17. The molecule has 1 aromatic heterocycles. The molecule has 0 bridgehead atoms. The van der Waals surface area contributed by atoms with E-state index < -0.39 is 25.3 Å². The molecule has 1 heterocycles. The highest BCUT2D eigenvalue weighted by molar-refractivity contribution is 5.85. The van der Waals surface area contributed by atoms with Crippen LogP contribution < -0.4 is 0 Å². The Kier molecular flexibility index (Phi) is 5.25. The second-order valence-corrected chi connectivity index (χ2v) is 3.87. The summed E-state index contributed by atoms with van der Waals surface area (Å²) in [6, 6.07) is 4.11. The number of rotatable bonds is 6. The number of aliphatic hydroxyl groups is 1. The van der Waals surface area contributed by atoms with Crippen LogP contribution in [0.4, 0.5) is 13.2 Å². The summed E-state index contributed by atoms with van der Waals surface area (Å²) < 4.78 is 36.9. The van der Waals surface area contributed by atoms with Gasteiger partial charge in [-0.05, 0) is 12.1 Å². The second-order valence-electron chi connectivity index (χ2n) is 3.87. The fourth-order valence-electron chi connectivity index (χ4n) is 1.52. The molecule has 0 aliphatic rings. The van der Waals surface area contributed by atoms with E-state index in [2.05, 4.69) is 4.98 Å². The van der Waals surface area contributed by atoms with Gasteiger partial charge in [0.1, 0.15) is 5.69 Å². The smallest absolute Gasteiger partial charge is 0.401 e. The molecule has 0 unspecified atom stereocenters. The van der Waals surface area contributed by atoms with E-state index in [9.17, 15) is 18.0 Å². The SMILES string of the molecule is O=C(O)c1cccc(CN(CCO)CC(F)(F)F)n1. The monoisotopic (exact) mass is 278 g/mol. The van der Waals surface area contributed by atoms with Crippen LogP contribution in [0.1, 0.15) is 16.2 Å². The molecule has 1 aromatic rings. The van der Waals surface area contributed by atoms with E-state index in [0.717, 1.165) is 4.90 Å². The quantitative estimate of drug-likeness (QED) is 0.816. The van der Waals surface area contributed by atoms with E-state index in [4.69, 9.17) is 10.2 Å². The van der Waals surface area contributed by atoms with Crippen molar-refractivity contribution in [1.29, 1.82) is 0 Å². The van der Waals surface area contributed by atoms with Crippen molar-refractivity contribution in [3.8, 4) is 0 Å². The number of aromatic nitrogens is 1. The number of pyridine rings is 1. The maximum Gasteiger partial charge on any atom is 0.401 e. The number of carboxylic acid groups (broad SMARTS) is 1. The minimum atomic E-state index is -4.39. The van der Waals surface area contributed by atoms with Crippen molar-refractivity contribution in [2.45, 2.75) is 12.7 Å². The zero-order chi connectivity index (χ0) is 14.5. The minimum Gasteiger partial charge on any atom is -0.477 e. The van der Waals surface area contributed by atoms with Crippen LogP contribution in [0.25, 0.3) is 0 Å². The Hall–Kier alpha value is -1.67. The van der Waals surface area contributed by atoms with E-state index in [0.29, 0.717) is 0 Å². The van der Waals surface area contributed by atoms with Crippen LogP contribution >= 0.6 is 0 Å². The molecule has 5 nitrogen and oxygen atoms in total. The lowest BCUT2D eigenvalue weighted by Gasteiger charge is -2.22. The fourth-order valence-corrected chi connectivity index (χ4v) is 1.52. The molecule has 0 amide bonds. The van der Waals surface area contributed by atoms with Gasteiger partial charge in [-0.25, -0.2) is 9.78 Å². The third-order valence-corrected chi connectivity index (χ3v) is 2.23. The first-order valence-electron chi connectivity index (χ1n) is 5.41. The van der Waals surface area contributed by atoms with Crippen molar-refractivity contribution in [2.24, 2.45) is 0 Å². The van der Waals surface area contributed by atoms with Crippen molar-refractivity contribution in [3.05, 3.63) is 29.6 Å². The van der Waals surface area contributed by atoms with Crippen LogP contribution in [-0.2, 0) is 6.54 Å². The maximum atomic E-state index is 12.3. The van der Waals surface area contributed by atoms with E-state index in [1.165, 1.54) is 18.2 Å². The molecule has 0 aliphatic carbocycles. The number of aliphatic hydroxyl groups excluding tert-OH is 1. The Morgan fingerprint density at radius 3 is 2.58 bits per heavy atom. The zero-order valence-corrected chi connectivity index (χ0v) is 9.89. The molecule has 0 aliphatic heterocycles. The van der Waals surface area contributed by atoms with Crippen LogP contribution in [0.15, 0.2) is 18.2 Å².